The Balaban J connectivity index is 2.00. The number of thiophene rings is 1. The third-order valence-electron chi connectivity index (χ3n) is 3.75. The number of hydrogen-bond donors (Lipinski definition) is 0. The van der Waals surface area contributed by atoms with E-state index in [2.05, 4.69) is 31.0 Å². The number of rotatable bonds is 4. The van der Waals surface area contributed by atoms with Gasteiger partial charge in [0.1, 0.15) is 0 Å². The fourth-order valence-electron chi connectivity index (χ4n) is 2.67. The Morgan fingerprint density at radius 2 is 2.00 bits per heavy atom. The molecule has 0 spiro atoms. The van der Waals surface area contributed by atoms with Crippen molar-refractivity contribution in [2.45, 2.75) is 20.3 Å². The fraction of sp³-hybridized carbons (Fsp3) is 0.211. The summed E-state index contributed by atoms with van der Waals surface area (Å²) in [6.07, 6.45) is 2.77. The third kappa shape index (κ3) is 3.57. The second-order valence-corrected chi connectivity index (χ2v) is 7.33. The summed E-state index contributed by atoms with van der Waals surface area (Å²) in [5.41, 5.74) is 4.50. The number of nitrogens with zero attached hydrogens (tertiary/aromatic N) is 1. The molecule has 2 aromatic heterocycles. The molecule has 0 aliphatic heterocycles. The quantitative estimate of drug-likeness (QED) is 0.608. The zero-order valence-corrected chi connectivity index (χ0v) is 15.0. The highest BCUT2D eigenvalue weighted by molar-refractivity contribution is 7.12. The lowest BCUT2D eigenvalue weighted by molar-refractivity contribution is 0.399. The van der Waals surface area contributed by atoms with Gasteiger partial charge in [0.05, 0.1) is 7.11 Å². The molecule has 0 amide bonds. The first kappa shape index (κ1) is 16.0. The van der Waals surface area contributed by atoms with Crippen molar-refractivity contribution in [2.24, 2.45) is 0 Å². The summed E-state index contributed by atoms with van der Waals surface area (Å²) in [5, 5.41) is 0.708. The molecule has 2 nitrogen and oxygen atoms in total. The van der Waals surface area contributed by atoms with Crippen molar-refractivity contribution in [3.05, 3.63) is 68.5 Å². The van der Waals surface area contributed by atoms with E-state index in [1.165, 1.54) is 20.9 Å². The molecular weight excluding hydrogens is 326 g/mol. The SMILES string of the molecule is COc1ncc(Cc2sc(C)cc2C)cc1-c1cccc(Cl)c1. The van der Waals surface area contributed by atoms with Crippen molar-refractivity contribution in [1.82, 2.24) is 4.98 Å². The van der Waals surface area contributed by atoms with E-state index in [0.717, 1.165) is 17.5 Å². The van der Waals surface area contributed by atoms with Gasteiger partial charge in [-0.25, -0.2) is 4.98 Å². The van der Waals surface area contributed by atoms with Crippen LogP contribution in [0.5, 0.6) is 5.88 Å². The molecule has 3 rings (SSSR count). The molecule has 0 aliphatic carbocycles. The van der Waals surface area contributed by atoms with E-state index >= 15 is 0 Å². The second-order valence-electron chi connectivity index (χ2n) is 5.55. The number of halogens is 1. The first-order valence-corrected chi connectivity index (χ1v) is 8.61. The Kier molecular flexibility index (Phi) is 4.69. The number of pyridine rings is 1. The van der Waals surface area contributed by atoms with E-state index in [1.807, 2.05) is 41.8 Å². The Labute approximate surface area is 145 Å². The van der Waals surface area contributed by atoms with Crippen LogP contribution in [0.3, 0.4) is 0 Å². The molecule has 0 bridgehead atoms. The Morgan fingerprint density at radius 3 is 2.65 bits per heavy atom. The molecule has 23 heavy (non-hydrogen) atoms. The van der Waals surface area contributed by atoms with Crippen LogP contribution in [0.15, 0.2) is 42.6 Å². The molecule has 0 radical (unpaired) electrons. The first-order chi connectivity index (χ1) is 11.1. The van der Waals surface area contributed by atoms with Gasteiger partial charge in [-0.3, -0.25) is 0 Å². The summed E-state index contributed by atoms with van der Waals surface area (Å²) in [7, 11) is 1.64. The summed E-state index contributed by atoms with van der Waals surface area (Å²) in [6, 6.07) is 12.1. The van der Waals surface area contributed by atoms with Crippen LogP contribution in [0.1, 0.15) is 20.9 Å². The van der Waals surface area contributed by atoms with Gasteiger partial charge in [-0.2, -0.15) is 0 Å². The molecular formula is C19H18ClNOS. The van der Waals surface area contributed by atoms with Crippen LogP contribution < -0.4 is 4.74 Å². The summed E-state index contributed by atoms with van der Waals surface area (Å²) < 4.78 is 5.42. The van der Waals surface area contributed by atoms with Crippen LogP contribution in [0, 0.1) is 13.8 Å². The van der Waals surface area contributed by atoms with Gasteiger partial charge in [0.2, 0.25) is 5.88 Å². The second kappa shape index (κ2) is 6.73. The Hall–Kier alpha value is -1.84. The van der Waals surface area contributed by atoms with Gasteiger partial charge in [0, 0.05) is 33.0 Å². The minimum atomic E-state index is 0.620. The average Bonchev–Trinajstić information content (AvgIpc) is 2.85. The standard InChI is InChI=1S/C19H18ClNOS/c1-12-7-13(2)23-18(12)9-14-8-17(19(22-3)21-11-14)15-5-4-6-16(20)10-15/h4-8,10-11H,9H2,1-3H3. The maximum atomic E-state index is 6.12. The van der Waals surface area contributed by atoms with Gasteiger partial charge in [-0.05, 0) is 54.8 Å². The monoisotopic (exact) mass is 343 g/mol. The van der Waals surface area contributed by atoms with E-state index < -0.39 is 0 Å². The molecule has 0 N–H and O–H groups in total. The maximum Gasteiger partial charge on any atom is 0.221 e. The van der Waals surface area contributed by atoms with Crippen LogP contribution >= 0.6 is 22.9 Å². The van der Waals surface area contributed by atoms with Crippen LogP contribution in [0.4, 0.5) is 0 Å². The lowest BCUT2D eigenvalue weighted by Gasteiger charge is -2.10. The van der Waals surface area contributed by atoms with Crippen molar-refractivity contribution in [2.75, 3.05) is 7.11 Å². The van der Waals surface area contributed by atoms with Gasteiger partial charge in [-0.15, -0.1) is 11.3 Å². The van der Waals surface area contributed by atoms with Crippen molar-refractivity contribution in [3.63, 3.8) is 0 Å². The number of benzene rings is 1. The highest BCUT2D eigenvalue weighted by Crippen LogP contribution is 2.32. The summed E-state index contributed by atoms with van der Waals surface area (Å²) >= 11 is 7.97. The molecule has 0 fully saturated rings. The zero-order chi connectivity index (χ0) is 16.4. The number of hydrogen-bond acceptors (Lipinski definition) is 3. The van der Waals surface area contributed by atoms with Crippen LogP contribution in [-0.4, -0.2) is 12.1 Å². The summed E-state index contributed by atoms with van der Waals surface area (Å²) in [6.45, 7) is 4.30. The van der Waals surface area contributed by atoms with Gasteiger partial charge in [0.15, 0.2) is 0 Å². The molecule has 1 aromatic carbocycles. The Bertz CT molecular complexity index is 841. The molecule has 0 atom stereocenters. The number of ether oxygens (including phenoxy) is 1. The molecule has 0 aliphatic rings. The van der Waals surface area contributed by atoms with E-state index in [0.29, 0.717) is 10.9 Å². The molecule has 2 heterocycles. The van der Waals surface area contributed by atoms with Crippen LogP contribution in [0.25, 0.3) is 11.1 Å². The topological polar surface area (TPSA) is 22.1 Å². The highest BCUT2D eigenvalue weighted by Gasteiger charge is 2.11. The molecule has 118 valence electrons. The molecule has 3 aromatic rings. The molecule has 0 saturated heterocycles. The van der Waals surface area contributed by atoms with E-state index in [1.54, 1.807) is 7.11 Å². The first-order valence-electron chi connectivity index (χ1n) is 7.41. The zero-order valence-electron chi connectivity index (χ0n) is 13.4. The molecule has 4 heteroatoms. The van der Waals surface area contributed by atoms with Crippen molar-refractivity contribution >= 4 is 22.9 Å². The summed E-state index contributed by atoms with van der Waals surface area (Å²) in [4.78, 5) is 7.20. The number of methoxy groups -OCH3 is 1. The maximum absolute atomic E-state index is 6.12. The fourth-order valence-corrected chi connectivity index (χ4v) is 3.94. The Morgan fingerprint density at radius 1 is 1.17 bits per heavy atom. The highest BCUT2D eigenvalue weighted by atomic mass is 35.5. The lowest BCUT2D eigenvalue weighted by Crippen LogP contribution is -1.95. The average molecular weight is 344 g/mol. The molecule has 0 unspecified atom stereocenters. The minimum Gasteiger partial charge on any atom is -0.481 e. The normalized spacial score (nSPS) is 10.8. The van der Waals surface area contributed by atoms with Crippen molar-refractivity contribution < 1.29 is 4.74 Å². The predicted octanol–water partition coefficient (Wildman–Crippen LogP) is 5.68. The van der Waals surface area contributed by atoms with E-state index in [9.17, 15) is 0 Å². The third-order valence-corrected chi connectivity index (χ3v) is 5.13. The van der Waals surface area contributed by atoms with Crippen LogP contribution in [0.2, 0.25) is 5.02 Å². The van der Waals surface area contributed by atoms with Crippen LogP contribution in [-0.2, 0) is 6.42 Å². The van der Waals surface area contributed by atoms with Gasteiger partial charge in [0.25, 0.3) is 0 Å². The number of aryl methyl sites for hydroxylation is 2. The van der Waals surface area contributed by atoms with Crippen molar-refractivity contribution in [1.29, 1.82) is 0 Å². The van der Waals surface area contributed by atoms with Crippen molar-refractivity contribution in [3.8, 4) is 17.0 Å². The smallest absolute Gasteiger partial charge is 0.221 e. The summed E-state index contributed by atoms with van der Waals surface area (Å²) in [5.74, 6) is 0.620. The van der Waals surface area contributed by atoms with E-state index in [-0.39, 0.29) is 0 Å². The van der Waals surface area contributed by atoms with E-state index in [4.69, 9.17) is 16.3 Å². The van der Waals surface area contributed by atoms with Gasteiger partial charge < -0.3 is 4.74 Å². The van der Waals surface area contributed by atoms with Gasteiger partial charge in [-0.1, -0.05) is 23.7 Å². The predicted molar refractivity (Wildman–Crippen MR) is 97.8 cm³/mol. The van der Waals surface area contributed by atoms with Gasteiger partial charge >= 0.3 is 0 Å². The lowest BCUT2D eigenvalue weighted by atomic mass is 10.0. The largest absolute Gasteiger partial charge is 0.481 e. The molecule has 0 saturated carbocycles. The number of aromatic nitrogens is 1. The minimum absolute atomic E-state index is 0.620.